The van der Waals surface area contributed by atoms with Crippen LogP contribution in [0.4, 0.5) is 0 Å². The first kappa shape index (κ1) is 11.1. The van der Waals surface area contributed by atoms with Gasteiger partial charge >= 0.3 is 5.97 Å². The van der Waals surface area contributed by atoms with Crippen molar-refractivity contribution in [3.05, 3.63) is 28.0 Å². The van der Waals surface area contributed by atoms with Crippen LogP contribution in [0.15, 0.2) is 12.4 Å². The molecule has 1 N–H and O–H groups in total. The second-order valence-electron chi connectivity index (χ2n) is 2.57. The summed E-state index contributed by atoms with van der Waals surface area (Å²) < 4.78 is 5.20. The van der Waals surface area contributed by atoms with E-state index in [1.165, 1.54) is 19.5 Å². The van der Waals surface area contributed by atoms with Gasteiger partial charge in [-0.05, 0) is 0 Å². The summed E-state index contributed by atoms with van der Waals surface area (Å²) in [7, 11) is 1.28. The minimum absolute atomic E-state index is 0.0188. The average Bonchev–Trinajstić information content (AvgIpc) is 2.10. The van der Waals surface area contributed by atoms with Gasteiger partial charge in [0, 0.05) is 10.3 Å². The van der Waals surface area contributed by atoms with Crippen molar-refractivity contribution in [1.82, 2.24) is 0 Å². The molecule has 4 nitrogen and oxygen atoms in total. The maximum absolute atomic E-state index is 11.0. The smallest absolute Gasteiger partial charge is 0.310 e. The molecule has 0 aliphatic rings. The van der Waals surface area contributed by atoms with E-state index in [9.17, 15) is 4.79 Å². The molecule has 1 aromatic rings. The average molecular weight is 237 g/mol. The molecular weight excluding hydrogens is 229 g/mol. The van der Waals surface area contributed by atoms with Crippen molar-refractivity contribution >= 4 is 29.2 Å². The van der Waals surface area contributed by atoms with Crippen LogP contribution in [0, 0.1) is 0 Å². The first-order valence-corrected chi connectivity index (χ1v) is 4.45. The SMILES string of the molecule is COC(=O)Cc1c(Cl)c[n+](O)cc1Cl. The van der Waals surface area contributed by atoms with Crippen molar-refractivity contribution < 1.29 is 19.5 Å². The summed E-state index contributed by atoms with van der Waals surface area (Å²) in [5, 5.41) is 9.47. The Hall–Kier alpha value is -1.00. The van der Waals surface area contributed by atoms with Crippen LogP contribution in [0.2, 0.25) is 10.0 Å². The molecule has 76 valence electrons. The number of rotatable bonds is 2. The first-order chi connectivity index (χ1) is 6.54. The predicted octanol–water partition coefficient (Wildman–Crippen LogP) is 1.23. The van der Waals surface area contributed by atoms with E-state index < -0.39 is 5.97 Å². The Morgan fingerprint density at radius 1 is 1.50 bits per heavy atom. The van der Waals surface area contributed by atoms with Crippen LogP contribution >= 0.6 is 23.2 Å². The molecule has 0 saturated heterocycles. The molecule has 1 rings (SSSR count). The van der Waals surface area contributed by atoms with E-state index in [4.69, 9.17) is 28.4 Å². The number of nitrogens with zero attached hydrogens (tertiary/aromatic N) is 1. The van der Waals surface area contributed by atoms with Gasteiger partial charge in [-0.25, -0.2) is 0 Å². The summed E-state index contributed by atoms with van der Waals surface area (Å²) in [5.74, 6) is -0.440. The number of carbonyl (C=O) groups is 1. The standard InChI is InChI=1S/C8H8Cl2NO3/c1-14-8(12)2-5-6(9)3-11(13)4-7(5)10/h3-4,13H,2H2,1H3/q+1. The van der Waals surface area contributed by atoms with Crippen molar-refractivity contribution in [3.63, 3.8) is 0 Å². The van der Waals surface area contributed by atoms with E-state index >= 15 is 0 Å². The highest BCUT2D eigenvalue weighted by Gasteiger charge is 2.16. The topological polar surface area (TPSA) is 50.4 Å². The van der Waals surface area contributed by atoms with Gasteiger partial charge in [-0.3, -0.25) is 10.0 Å². The van der Waals surface area contributed by atoms with Gasteiger partial charge in [0.2, 0.25) is 12.4 Å². The van der Waals surface area contributed by atoms with Gasteiger partial charge in [0.15, 0.2) is 0 Å². The maximum Gasteiger partial charge on any atom is 0.310 e. The zero-order valence-electron chi connectivity index (χ0n) is 7.33. The van der Waals surface area contributed by atoms with Crippen LogP contribution in [0.5, 0.6) is 0 Å². The Balaban J connectivity index is 3.02. The molecule has 0 aromatic carbocycles. The minimum Gasteiger partial charge on any atom is -0.469 e. The zero-order chi connectivity index (χ0) is 10.7. The van der Waals surface area contributed by atoms with Crippen molar-refractivity contribution in [1.29, 1.82) is 0 Å². The van der Waals surface area contributed by atoms with E-state index in [1.807, 2.05) is 0 Å². The van der Waals surface area contributed by atoms with Gasteiger partial charge in [-0.1, -0.05) is 23.2 Å². The summed E-state index contributed by atoms with van der Waals surface area (Å²) in [6.07, 6.45) is 2.46. The molecular formula is C8H8Cl2NO3+. The molecule has 1 aromatic heterocycles. The van der Waals surface area contributed by atoms with Crippen molar-refractivity contribution in [2.75, 3.05) is 7.11 Å². The number of hydrogen-bond acceptors (Lipinski definition) is 3. The van der Waals surface area contributed by atoms with Gasteiger partial charge < -0.3 is 4.74 Å². The second kappa shape index (κ2) is 4.48. The van der Waals surface area contributed by atoms with E-state index in [0.29, 0.717) is 5.56 Å². The molecule has 0 aliphatic carbocycles. The van der Waals surface area contributed by atoms with Crippen molar-refractivity contribution in [2.24, 2.45) is 0 Å². The van der Waals surface area contributed by atoms with Crippen LogP contribution in [0.3, 0.4) is 0 Å². The molecule has 0 amide bonds. The molecule has 0 saturated carbocycles. The van der Waals surface area contributed by atoms with Gasteiger partial charge in [0.25, 0.3) is 0 Å². The fourth-order valence-electron chi connectivity index (χ4n) is 0.925. The minimum atomic E-state index is -0.440. The molecule has 0 radical (unpaired) electrons. The maximum atomic E-state index is 11.0. The fourth-order valence-corrected chi connectivity index (χ4v) is 1.51. The van der Waals surface area contributed by atoms with Crippen molar-refractivity contribution in [2.45, 2.75) is 6.42 Å². The lowest BCUT2D eigenvalue weighted by atomic mass is 10.2. The number of pyridine rings is 1. The second-order valence-corrected chi connectivity index (χ2v) is 3.38. The third kappa shape index (κ3) is 2.49. The fraction of sp³-hybridized carbons (Fsp3) is 0.250. The highest BCUT2D eigenvalue weighted by Crippen LogP contribution is 2.22. The zero-order valence-corrected chi connectivity index (χ0v) is 8.84. The van der Waals surface area contributed by atoms with Gasteiger partial charge in [0.05, 0.1) is 13.5 Å². The molecule has 1 heterocycles. The quantitative estimate of drug-likeness (QED) is 0.478. The number of methoxy groups -OCH3 is 1. The molecule has 0 bridgehead atoms. The highest BCUT2D eigenvalue weighted by atomic mass is 35.5. The lowest BCUT2D eigenvalue weighted by Gasteiger charge is -2.02. The van der Waals surface area contributed by atoms with Crippen LogP contribution in [-0.4, -0.2) is 18.3 Å². The van der Waals surface area contributed by atoms with E-state index in [0.717, 1.165) is 4.73 Å². The third-order valence-corrected chi connectivity index (χ3v) is 2.27. The molecule has 14 heavy (non-hydrogen) atoms. The van der Waals surface area contributed by atoms with Gasteiger partial charge in [-0.2, -0.15) is 0 Å². The summed E-state index contributed by atoms with van der Waals surface area (Å²) in [4.78, 5) is 11.0. The number of ether oxygens (including phenoxy) is 1. The highest BCUT2D eigenvalue weighted by molar-refractivity contribution is 6.35. The number of carbonyl (C=O) groups excluding carboxylic acids is 1. The molecule has 0 fully saturated rings. The molecule has 6 heteroatoms. The molecule has 0 unspecified atom stereocenters. The van der Waals surface area contributed by atoms with E-state index in [-0.39, 0.29) is 16.5 Å². The van der Waals surface area contributed by atoms with Crippen LogP contribution in [0.1, 0.15) is 5.56 Å². The van der Waals surface area contributed by atoms with E-state index in [2.05, 4.69) is 4.74 Å². The van der Waals surface area contributed by atoms with Crippen LogP contribution in [-0.2, 0) is 16.0 Å². The molecule has 0 spiro atoms. The monoisotopic (exact) mass is 236 g/mol. The number of hydrogen-bond donors (Lipinski definition) is 1. The largest absolute Gasteiger partial charge is 0.469 e. The lowest BCUT2D eigenvalue weighted by Crippen LogP contribution is -2.29. The number of esters is 1. The number of halogens is 2. The van der Waals surface area contributed by atoms with Gasteiger partial charge in [-0.15, -0.1) is 0 Å². The lowest BCUT2D eigenvalue weighted by molar-refractivity contribution is -0.904. The third-order valence-electron chi connectivity index (χ3n) is 1.62. The first-order valence-electron chi connectivity index (χ1n) is 3.70. The van der Waals surface area contributed by atoms with E-state index in [1.54, 1.807) is 0 Å². The Kier molecular flexibility index (Phi) is 3.55. The Morgan fingerprint density at radius 3 is 2.43 bits per heavy atom. The summed E-state index contributed by atoms with van der Waals surface area (Å²) in [6, 6.07) is 0. The summed E-state index contributed by atoms with van der Waals surface area (Å²) >= 11 is 11.5. The molecule has 0 aliphatic heterocycles. The predicted molar refractivity (Wildman–Crippen MR) is 49.6 cm³/mol. The Bertz CT molecular complexity index is 345. The van der Waals surface area contributed by atoms with Crippen molar-refractivity contribution in [3.8, 4) is 0 Å². The van der Waals surface area contributed by atoms with Crippen LogP contribution in [0.25, 0.3) is 0 Å². The summed E-state index contributed by atoms with van der Waals surface area (Å²) in [6.45, 7) is 0. The number of aromatic nitrogens is 1. The molecule has 0 atom stereocenters. The Labute approximate surface area is 90.6 Å². The normalized spacial score (nSPS) is 9.93. The summed E-state index contributed by atoms with van der Waals surface area (Å²) in [5.41, 5.74) is 0.436. The van der Waals surface area contributed by atoms with Gasteiger partial charge in [0.1, 0.15) is 10.0 Å². The van der Waals surface area contributed by atoms with Crippen LogP contribution < -0.4 is 4.73 Å². The Morgan fingerprint density at radius 2 is 2.00 bits per heavy atom.